The largest absolute Gasteiger partial charge is 0.464 e. The Morgan fingerprint density at radius 1 is 1.14 bits per heavy atom. The molecule has 1 N–H and O–H groups in total. The summed E-state index contributed by atoms with van der Waals surface area (Å²) in [6.07, 6.45) is -0.880. The lowest BCUT2D eigenvalue weighted by Gasteiger charge is -2.22. The highest BCUT2D eigenvalue weighted by molar-refractivity contribution is 5.98. The minimum Gasteiger partial charge on any atom is -0.464 e. The van der Waals surface area contributed by atoms with Gasteiger partial charge in [0.15, 0.2) is 0 Å². The van der Waals surface area contributed by atoms with Crippen LogP contribution in [0.3, 0.4) is 0 Å². The second kappa shape index (κ2) is 9.17. The van der Waals surface area contributed by atoms with Crippen LogP contribution in [-0.4, -0.2) is 41.9 Å². The number of hydrogen-bond donors (Lipinski definition) is 1. The van der Waals surface area contributed by atoms with Gasteiger partial charge >= 0.3 is 12.1 Å². The molecule has 0 aliphatic rings. The average Bonchev–Trinajstić information content (AvgIpc) is 2.31. The maximum absolute atomic E-state index is 11.8. The van der Waals surface area contributed by atoms with Crippen LogP contribution in [0.4, 0.5) is 4.79 Å². The Hall–Kier alpha value is -1.92. The van der Waals surface area contributed by atoms with Crippen LogP contribution in [0.25, 0.3) is 0 Å². The van der Waals surface area contributed by atoms with Gasteiger partial charge < -0.3 is 14.8 Å². The molecule has 0 radical (unpaired) electrons. The van der Waals surface area contributed by atoms with Crippen LogP contribution in [-0.2, 0) is 23.9 Å². The molecule has 0 aromatic carbocycles. The monoisotopic (exact) mass is 315 g/mol. The molecular formula is C15H25NO6. The zero-order chi connectivity index (χ0) is 17.3. The normalized spacial score (nSPS) is 12.2. The van der Waals surface area contributed by atoms with Crippen LogP contribution in [0.5, 0.6) is 0 Å². The first kappa shape index (κ1) is 20.1. The molecule has 0 saturated carbocycles. The number of carbonyl (C=O) groups is 4. The summed E-state index contributed by atoms with van der Waals surface area (Å²) in [7, 11) is 0. The van der Waals surface area contributed by atoms with E-state index in [1.165, 1.54) is 6.92 Å². The van der Waals surface area contributed by atoms with Gasteiger partial charge in [-0.05, 0) is 41.0 Å². The number of Topliss-reactive ketones (excluding diaryl/α,β-unsaturated/α-hetero) is 2. The molecule has 7 nitrogen and oxygen atoms in total. The lowest BCUT2D eigenvalue weighted by Crippen LogP contribution is -2.44. The zero-order valence-corrected chi connectivity index (χ0v) is 13.9. The van der Waals surface area contributed by atoms with E-state index in [1.54, 1.807) is 27.7 Å². The number of carbonyl (C=O) groups excluding carboxylic acids is 4. The summed E-state index contributed by atoms with van der Waals surface area (Å²) in [6.45, 7) is 8.21. The average molecular weight is 315 g/mol. The van der Waals surface area contributed by atoms with E-state index in [2.05, 4.69) is 5.32 Å². The van der Waals surface area contributed by atoms with Crippen molar-refractivity contribution in [1.29, 1.82) is 0 Å². The molecule has 0 unspecified atom stereocenters. The van der Waals surface area contributed by atoms with Crippen molar-refractivity contribution in [2.75, 3.05) is 6.61 Å². The summed E-state index contributed by atoms with van der Waals surface area (Å²) < 4.78 is 9.93. The maximum Gasteiger partial charge on any atom is 0.408 e. The Kier molecular flexibility index (Phi) is 8.37. The van der Waals surface area contributed by atoms with E-state index in [0.29, 0.717) is 0 Å². The summed E-state index contributed by atoms with van der Waals surface area (Å²) >= 11 is 0. The van der Waals surface area contributed by atoms with Gasteiger partial charge in [0.2, 0.25) is 0 Å². The predicted molar refractivity (Wildman–Crippen MR) is 79.3 cm³/mol. The van der Waals surface area contributed by atoms with E-state index < -0.39 is 23.7 Å². The van der Waals surface area contributed by atoms with Crippen molar-refractivity contribution >= 4 is 23.6 Å². The summed E-state index contributed by atoms with van der Waals surface area (Å²) in [5.74, 6) is -1.16. The highest BCUT2D eigenvalue weighted by Gasteiger charge is 2.26. The molecule has 0 rings (SSSR count). The number of amides is 1. The van der Waals surface area contributed by atoms with Crippen molar-refractivity contribution < 1.29 is 28.7 Å². The van der Waals surface area contributed by atoms with Gasteiger partial charge in [-0.15, -0.1) is 0 Å². The Morgan fingerprint density at radius 3 is 2.18 bits per heavy atom. The molecule has 0 fully saturated rings. The molecule has 0 spiro atoms. The number of alkyl carbamates (subject to hydrolysis) is 1. The minimum atomic E-state index is -0.981. The van der Waals surface area contributed by atoms with Crippen LogP contribution >= 0.6 is 0 Å². The van der Waals surface area contributed by atoms with E-state index >= 15 is 0 Å². The molecule has 0 aliphatic heterocycles. The molecule has 126 valence electrons. The molecule has 1 atom stereocenters. The lowest BCUT2D eigenvalue weighted by atomic mass is 10.1. The molecule has 0 aromatic rings. The fraction of sp³-hybridized carbons (Fsp3) is 0.733. The third-order valence-electron chi connectivity index (χ3n) is 2.42. The third-order valence-corrected chi connectivity index (χ3v) is 2.42. The predicted octanol–water partition coefficient (Wildman–Crippen LogP) is 1.77. The molecule has 7 heteroatoms. The van der Waals surface area contributed by atoms with E-state index in [9.17, 15) is 19.2 Å². The molecule has 0 heterocycles. The molecular weight excluding hydrogens is 290 g/mol. The van der Waals surface area contributed by atoms with Gasteiger partial charge in [0.25, 0.3) is 0 Å². The van der Waals surface area contributed by atoms with Gasteiger partial charge in [0.05, 0.1) is 13.0 Å². The quantitative estimate of drug-likeness (QED) is 0.541. The van der Waals surface area contributed by atoms with Crippen molar-refractivity contribution in [2.45, 2.75) is 65.5 Å². The van der Waals surface area contributed by atoms with E-state index in [1.807, 2.05) is 0 Å². The Labute approximate surface area is 130 Å². The first-order chi connectivity index (χ1) is 10.0. The van der Waals surface area contributed by atoms with Gasteiger partial charge in [0.1, 0.15) is 23.2 Å². The summed E-state index contributed by atoms with van der Waals surface area (Å²) in [6, 6.07) is -0.981. The lowest BCUT2D eigenvalue weighted by molar-refractivity contribution is -0.145. The second-order valence-corrected chi connectivity index (χ2v) is 5.91. The van der Waals surface area contributed by atoms with E-state index in [-0.39, 0.29) is 37.4 Å². The molecule has 0 bridgehead atoms. The van der Waals surface area contributed by atoms with Gasteiger partial charge in [-0.1, -0.05) is 0 Å². The van der Waals surface area contributed by atoms with Gasteiger partial charge in [-0.25, -0.2) is 9.59 Å². The molecule has 0 saturated heterocycles. The molecule has 1 amide bonds. The van der Waals surface area contributed by atoms with Crippen LogP contribution in [0.1, 0.15) is 53.9 Å². The van der Waals surface area contributed by atoms with Gasteiger partial charge in [-0.3, -0.25) is 9.59 Å². The van der Waals surface area contributed by atoms with Gasteiger partial charge in [-0.2, -0.15) is 0 Å². The first-order valence-corrected chi connectivity index (χ1v) is 7.22. The van der Waals surface area contributed by atoms with Crippen molar-refractivity contribution in [1.82, 2.24) is 5.32 Å². The van der Waals surface area contributed by atoms with Crippen LogP contribution in [0.2, 0.25) is 0 Å². The number of rotatable bonds is 8. The van der Waals surface area contributed by atoms with Crippen LogP contribution in [0, 0.1) is 0 Å². The van der Waals surface area contributed by atoms with Crippen LogP contribution in [0.15, 0.2) is 0 Å². The number of hydrogen-bond acceptors (Lipinski definition) is 6. The topological polar surface area (TPSA) is 98.8 Å². The zero-order valence-electron chi connectivity index (χ0n) is 13.9. The van der Waals surface area contributed by atoms with E-state index in [4.69, 9.17) is 9.47 Å². The SMILES string of the molecule is CCOC(=O)[C@H](CCC(=O)CC(C)=O)NC(=O)OC(C)(C)C. The highest BCUT2D eigenvalue weighted by Crippen LogP contribution is 2.09. The summed E-state index contributed by atoms with van der Waals surface area (Å²) in [5, 5.41) is 2.39. The molecule has 22 heavy (non-hydrogen) atoms. The standard InChI is InChI=1S/C15H25NO6/c1-6-21-13(19)12(8-7-11(18)9-10(2)17)16-14(20)22-15(3,4)5/h12H,6-9H2,1-5H3,(H,16,20)/t12-/m0/s1. The minimum absolute atomic E-state index is 0.00113. The second-order valence-electron chi connectivity index (χ2n) is 5.91. The Morgan fingerprint density at radius 2 is 1.73 bits per heavy atom. The Bertz CT molecular complexity index is 424. The summed E-state index contributed by atoms with van der Waals surface area (Å²) in [5.41, 5.74) is -0.701. The molecule has 0 aromatic heterocycles. The number of ketones is 2. The third kappa shape index (κ3) is 9.90. The number of ether oxygens (including phenoxy) is 2. The van der Waals surface area contributed by atoms with Crippen molar-refractivity contribution in [3.05, 3.63) is 0 Å². The fourth-order valence-electron chi connectivity index (χ4n) is 1.61. The maximum atomic E-state index is 11.8. The van der Waals surface area contributed by atoms with E-state index in [0.717, 1.165) is 0 Å². The van der Waals surface area contributed by atoms with Crippen molar-refractivity contribution in [2.24, 2.45) is 0 Å². The number of nitrogens with one attached hydrogen (secondary N) is 1. The molecule has 0 aliphatic carbocycles. The van der Waals surface area contributed by atoms with Crippen LogP contribution < -0.4 is 5.32 Å². The first-order valence-electron chi connectivity index (χ1n) is 7.22. The van der Waals surface area contributed by atoms with Crippen molar-refractivity contribution in [3.8, 4) is 0 Å². The highest BCUT2D eigenvalue weighted by atomic mass is 16.6. The van der Waals surface area contributed by atoms with Crippen molar-refractivity contribution in [3.63, 3.8) is 0 Å². The Balaban J connectivity index is 4.63. The fourth-order valence-corrected chi connectivity index (χ4v) is 1.61. The van der Waals surface area contributed by atoms with Gasteiger partial charge in [0, 0.05) is 6.42 Å². The number of esters is 1. The smallest absolute Gasteiger partial charge is 0.408 e. The summed E-state index contributed by atoms with van der Waals surface area (Å²) in [4.78, 5) is 45.9.